The van der Waals surface area contributed by atoms with Gasteiger partial charge in [0, 0.05) is 11.8 Å². The van der Waals surface area contributed by atoms with Gasteiger partial charge in [-0.2, -0.15) is 4.98 Å². The van der Waals surface area contributed by atoms with Gasteiger partial charge < -0.3 is 25.8 Å². The molecular formula is C10H15N3O5. The van der Waals surface area contributed by atoms with Gasteiger partial charge in [0.25, 0.3) is 5.56 Å². The predicted octanol–water partition coefficient (Wildman–Crippen LogP) is -2.25. The molecule has 0 radical (unpaired) electrons. The molecule has 2 heterocycles. The molecule has 0 unspecified atom stereocenters. The van der Waals surface area contributed by atoms with Gasteiger partial charge in [-0.15, -0.1) is 0 Å². The maximum absolute atomic E-state index is 11.3. The van der Waals surface area contributed by atoms with Gasteiger partial charge in [0.05, 0.1) is 6.61 Å². The van der Waals surface area contributed by atoms with Crippen molar-refractivity contribution in [1.29, 1.82) is 0 Å². The normalized spacial score (nSPS) is 31.8. The molecule has 100 valence electrons. The van der Waals surface area contributed by atoms with Crippen molar-refractivity contribution in [1.82, 2.24) is 9.55 Å². The summed E-state index contributed by atoms with van der Waals surface area (Å²) in [6, 6.07) is 0. The maximum atomic E-state index is 11.3. The van der Waals surface area contributed by atoms with Gasteiger partial charge in [-0.05, 0) is 6.92 Å². The molecule has 0 saturated carbocycles. The van der Waals surface area contributed by atoms with E-state index in [2.05, 4.69) is 4.98 Å². The minimum atomic E-state index is -1.26. The highest BCUT2D eigenvalue weighted by atomic mass is 16.6. The summed E-state index contributed by atoms with van der Waals surface area (Å²) in [6.07, 6.45) is -2.97. The third-order valence-corrected chi connectivity index (χ3v) is 2.94. The number of aliphatic hydroxyl groups excluding tert-OH is 3. The molecule has 0 amide bonds. The fourth-order valence-corrected chi connectivity index (χ4v) is 1.89. The Morgan fingerprint density at radius 2 is 2.17 bits per heavy atom. The first-order valence-electron chi connectivity index (χ1n) is 5.43. The topological polar surface area (TPSA) is 131 Å². The predicted molar refractivity (Wildman–Crippen MR) is 60.7 cm³/mol. The van der Waals surface area contributed by atoms with E-state index >= 15 is 0 Å². The van der Waals surface area contributed by atoms with Crippen molar-refractivity contribution in [2.24, 2.45) is 0 Å². The van der Waals surface area contributed by atoms with E-state index < -0.39 is 36.7 Å². The van der Waals surface area contributed by atoms with Crippen molar-refractivity contribution in [3.05, 3.63) is 22.1 Å². The van der Waals surface area contributed by atoms with Crippen LogP contribution in [0.25, 0.3) is 0 Å². The Morgan fingerprint density at radius 1 is 1.50 bits per heavy atom. The van der Waals surface area contributed by atoms with Gasteiger partial charge in [-0.25, -0.2) is 0 Å². The van der Waals surface area contributed by atoms with E-state index in [1.807, 2.05) is 0 Å². The summed E-state index contributed by atoms with van der Waals surface area (Å²) in [5.74, 6) is -0.125. The molecule has 18 heavy (non-hydrogen) atoms. The smallest absolute Gasteiger partial charge is 0.277 e. The second-order valence-electron chi connectivity index (χ2n) is 4.22. The second kappa shape index (κ2) is 4.65. The molecule has 1 aliphatic heterocycles. The Bertz CT molecular complexity index is 503. The zero-order valence-corrected chi connectivity index (χ0v) is 9.72. The number of nitrogens with two attached hydrogens (primary N) is 1. The van der Waals surface area contributed by atoms with Crippen LogP contribution in [0.4, 0.5) is 5.95 Å². The van der Waals surface area contributed by atoms with Gasteiger partial charge in [-0.3, -0.25) is 9.36 Å². The SMILES string of the molecule is Cc1cn([C@@H]2O[C@H](CO)[C@H](O)[C@H]2O)c(N)nc1=O. The molecule has 4 atom stereocenters. The summed E-state index contributed by atoms with van der Waals surface area (Å²) in [7, 11) is 0. The lowest BCUT2D eigenvalue weighted by Gasteiger charge is -2.20. The molecule has 1 fully saturated rings. The van der Waals surface area contributed by atoms with Crippen LogP contribution in [-0.2, 0) is 4.74 Å². The van der Waals surface area contributed by atoms with Gasteiger partial charge in [0.1, 0.15) is 18.3 Å². The number of hydrogen-bond acceptors (Lipinski definition) is 7. The average Bonchev–Trinajstić information content (AvgIpc) is 2.61. The van der Waals surface area contributed by atoms with Crippen LogP contribution in [0.3, 0.4) is 0 Å². The molecule has 1 aromatic rings. The highest BCUT2D eigenvalue weighted by molar-refractivity contribution is 5.21. The second-order valence-corrected chi connectivity index (χ2v) is 4.22. The largest absolute Gasteiger partial charge is 0.394 e. The Labute approximate surface area is 102 Å². The van der Waals surface area contributed by atoms with Crippen molar-refractivity contribution in [3.63, 3.8) is 0 Å². The number of nitrogen functional groups attached to an aromatic ring is 1. The van der Waals surface area contributed by atoms with Crippen LogP contribution in [0.15, 0.2) is 11.0 Å². The molecule has 5 N–H and O–H groups in total. The van der Waals surface area contributed by atoms with Crippen LogP contribution in [0.2, 0.25) is 0 Å². The fourth-order valence-electron chi connectivity index (χ4n) is 1.89. The van der Waals surface area contributed by atoms with Crippen LogP contribution in [0, 0.1) is 6.92 Å². The summed E-state index contributed by atoms with van der Waals surface area (Å²) >= 11 is 0. The first kappa shape index (κ1) is 13.0. The van der Waals surface area contributed by atoms with E-state index in [1.54, 1.807) is 6.92 Å². The minimum absolute atomic E-state index is 0.125. The van der Waals surface area contributed by atoms with Crippen molar-refractivity contribution >= 4 is 5.95 Å². The van der Waals surface area contributed by atoms with Crippen molar-refractivity contribution < 1.29 is 20.1 Å². The minimum Gasteiger partial charge on any atom is -0.394 e. The van der Waals surface area contributed by atoms with Gasteiger partial charge in [0.15, 0.2) is 6.23 Å². The average molecular weight is 257 g/mol. The van der Waals surface area contributed by atoms with E-state index in [1.165, 1.54) is 10.8 Å². The van der Waals surface area contributed by atoms with E-state index in [9.17, 15) is 15.0 Å². The number of nitrogens with zero attached hydrogens (tertiary/aromatic N) is 2. The molecule has 2 rings (SSSR count). The number of aryl methyl sites for hydroxylation is 1. The summed E-state index contributed by atoms with van der Waals surface area (Å²) in [6.45, 7) is 1.12. The Morgan fingerprint density at radius 3 is 2.72 bits per heavy atom. The number of ether oxygens (including phenoxy) is 1. The monoisotopic (exact) mass is 257 g/mol. The lowest BCUT2D eigenvalue weighted by molar-refractivity contribution is -0.0523. The Hall–Kier alpha value is -1.48. The molecule has 0 bridgehead atoms. The highest BCUT2D eigenvalue weighted by Crippen LogP contribution is 2.30. The number of aromatic nitrogens is 2. The molecule has 8 nitrogen and oxygen atoms in total. The Kier molecular flexibility index (Phi) is 3.35. The summed E-state index contributed by atoms with van der Waals surface area (Å²) < 4.78 is 6.55. The van der Waals surface area contributed by atoms with Crippen LogP contribution in [0.5, 0.6) is 0 Å². The fraction of sp³-hybridized carbons (Fsp3) is 0.600. The third kappa shape index (κ3) is 1.99. The van der Waals surface area contributed by atoms with Crippen molar-refractivity contribution in [3.8, 4) is 0 Å². The summed E-state index contributed by atoms with van der Waals surface area (Å²) in [5.41, 5.74) is 5.45. The van der Waals surface area contributed by atoms with Gasteiger partial charge >= 0.3 is 0 Å². The molecular weight excluding hydrogens is 242 g/mol. The molecule has 1 saturated heterocycles. The van der Waals surface area contributed by atoms with Crippen molar-refractivity contribution in [2.75, 3.05) is 12.3 Å². The number of rotatable bonds is 2. The van der Waals surface area contributed by atoms with Crippen LogP contribution in [0.1, 0.15) is 11.8 Å². The number of aliphatic hydroxyl groups is 3. The number of anilines is 1. The van der Waals surface area contributed by atoms with Gasteiger partial charge in [0.2, 0.25) is 5.95 Å². The Balaban J connectivity index is 2.38. The van der Waals surface area contributed by atoms with Crippen LogP contribution >= 0.6 is 0 Å². The number of hydrogen-bond donors (Lipinski definition) is 4. The van der Waals surface area contributed by atoms with Crippen LogP contribution < -0.4 is 11.3 Å². The van der Waals surface area contributed by atoms with E-state index in [-0.39, 0.29) is 5.95 Å². The van der Waals surface area contributed by atoms with E-state index in [0.717, 1.165) is 0 Å². The van der Waals surface area contributed by atoms with Gasteiger partial charge in [-0.1, -0.05) is 0 Å². The zero-order chi connectivity index (χ0) is 13.4. The lowest BCUT2D eigenvalue weighted by Crippen LogP contribution is -2.33. The molecule has 0 aliphatic carbocycles. The van der Waals surface area contributed by atoms with E-state index in [4.69, 9.17) is 15.6 Å². The first-order valence-corrected chi connectivity index (χ1v) is 5.43. The molecule has 1 aliphatic rings. The van der Waals surface area contributed by atoms with E-state index in [0.29, 0.717) is 5.56 Å². The summed E-state index contributed by atoms with van der Waals surface area (Å²) in [4.78, 5) is 14.9. The van der Waals surface area contributed by atoms with Crippen molar-refractivity contribution in [2.45, 2.75) is 31.5 Å². The third-order valence-electron chi connectivity index (χ3n) is 2.94. The summed E-state index contributed by atoms with van der Waals surface area (Å²) in [5, 5.41) is 28.4. The maximum Gasteiger partial charge on any atom is 0.277 e. The first-order chi connectivity index (χ1) is 8.45. The standard InChI is InChI=1S/C10H15N3O5/c1-4-2-13(10(11)12-8(4)17)9-7(16)6(15)5(3-14)18-9/h2,5-7,9,14-16H,3H2,1H3,(H2,11,12,17)/t5-,6+,7-,9-/m1/s1. The highest BCUT2D eigenvalue weighted by Gasteiger charge is 2.43. The zero-order valence-electron chi connectivity index (χ0n) is 9.72. The molecule has 0 spiro atoms. The van der Waals surface area contributed by atoms with Crippen LogP contribution in [-0.4, -0.2) is 49.8 Å². The molecule has 8 heteroatoms. The molecule has 1 aromatic heterocycles. The lowest BCUT2D eigenvalue weighted by atomic mass is 10.1. The quantitative estimate of drug-likeness (QED) is 0.470. The molecule has 0 aromatic carbocycles.